The molecule has 0 atom stereocenters. The summed E-state index contributed by atoms with van der Waals surface area (Å²) in [7, 11) is 1.76. The molecule has 146 valence electrons. The minimum atomic E-state index is -0.634. The van der Waals surface area contributed by atoms with Crippen LogP contribution in [0.4, 0.5) is 11.4 Å². The van der Waals surface area contributed by atoms with Gasteiger partial charge in [-0.3, -0.25) is 19.1 Å². The van der Waals surface area contributed by atoms with Crippen LogP contribution in [0.3, 0.4) is 0 Å². The van der Waals surface area contributed by atoms with Gasteiger partial charge in [-0.2, -0.15) is 0 Å². The summed E-state index contributed by atoms with van der Waals surface area (Å²) in [5.41, 5.74) is 2.17. The second kappa shape index (κ2) is 7.05. The van der Waals surface area contributed by atoms with Crippen molar-refractivity contribution in [2.75, 3.05) is 5.32 Å². The summed E-state index contributed by atoms with van der Waals surface area (Å²) in [6.45, 7) is 3.82. The molecular formula is C23H21N3O3. The van der Waals surface area contributed by atoms with Gasteiger partial charge in [0.05, 0.1) is 16.8 Å². The standard InChI is InChI=1S/C23H21N3O3/c1-4-15-9-8-10-16(13-15)24-20-19(21(27)22(20)28)18-14(2)25(3)26(23(18)29)17-11-6-5-7-12-17/h5-13,24H,4H2,1-3H3. The SMILES string of the molecule is CCc1cccc(Nc2c(-c3c(C)n(C)n(-c4ccccc4)c3=O)c(=O)c2=O)c1. The number of hydrogen-bond donors (Lipinski definition) is 1. The van der Waals surface area contributed by atoms with Gasteiger partial charge in [-0.1, -0.05) is 37.3 Å². The van der Waals surface area contributed by atoms with E-state index in [1.165, 1.54) is 4.68 Å². The smallest absolute Gasteiger partial charge is 0.279 e. The number of para-hydroxylation sites is 1. The summed E-state index contributed by atoms with van der Waals surface area (Å²) < 4.78 is 3.20. The molecule has 6 heteroatoms. The van der Waals surface area contributed by atoms with E-state index in [1.54, 1.807) is 18.7 Å². The number of aromatic nitrogens is 2. The van der Waals surface area contributed by atoms with Gasteiger partial charge >= 0.3 is 0 Å². The van der Waals surface area contributed by atoms with Crippen LogP contribution in [-0.2, 0) is 13.5 Å². The fourth-order valence-corrected chi connectivity index (χ4v) is 3.62. The summed E-state index contributed by atoms with van der Waals surface area (Å²) in [4.78, 5) is 38.0. The van der Waals surface area contributed by atoms with Crippen molar-refractivity contribution in [1.82, 2.24) is 9.36 Å². The molecule has 0 radical (unpaired) electrons. The van der Waals surface area contributed by atoms with Gasteiger partial charge in [0.1, 0.15) is 5.69 Å². The van der Waals surface area contributed by atoms with Crippen LogP contribution in [0.5, 0.6) is 0 Å². The molecule has 0 saturated heterocycles. The zero-order chi connectivity index (χ0) is 20.7. The van der Waals surface area contributed by atoms with Gasteiger partial charge in [-0.25, -0.2) is 4.68 Å². The zero-order valence-corrected chi connectivity index (χ0v) is 16.5. The molecule has 0 bridgehead atoms. The molecule has 1 heterocycles. The number of anilines is 2. The molecule has 0 aliphatic rings. The van der Waals surface area contributed by atoms with E-state index in [1.807, 2.05) is 61.5 Å². The van der Waals surface area contributed by atoms with Crippen molar-refractivity contribution in [2.24, 2.45) is 7.05 Å². The van der Waals surface area contributed by atoms with E-state index in [0.29, 0.717) is 11.4 Å². The molecule has 0 fully saturated rings. The third kappa shape index (κ3) is 2.93. The van der Waals surface area contributed by atoms with E-state index in [9.17, 15) is 14.4 Å². The molecule has 0 amide bonds. The van der Waals surface area contributed by atoms with E-state index in [0.717, 1.165) is 17.7 Å². The first-order chi connectivity index (χ1) is 13.9. The molecule has 0 unspecified atom stereocenters. The summed E-state index contributed by atoms with van der Waals surface area (Å²) in [5.74, 6) is 0. The van der Waals surface area contributed by atoms with Crippen molar-refractivity contribution in [3.8, 4) is 16.8 Å². The predicted octanol–water partition coefficient (Wildman–Crippen LogP) is 3.05. The third-order valence-corrected chi connectivity index (χ3v) is 5.32. The van der Waals surface area contributed by atoms with Crippen molar-refractivity contribution in [1.29, 1.82) is 0 Å². The molecule has 29 heavy (non-hydrogen) atoms. The summed E-state index contributed by atoms with van der Waals surface area (Å²) >= 11 is 0. The van der Waals surface area contributed by atoms with Crippen LogP contribution in [0.15, 0.2) is 69.0 Å². The van der Waals surface area contributed by atoms with Crippen LogP contribution in [0, 0.1) is 6.92 Å². The lowest BCUT2D eigenvalue weighted by molar-refractivity contribution is 0.630. The lowest BCUT2D eigenvalue weighted by atomic mass is 9.98. The monoisotopic (exact) mass is 387 g/mol. The number of nitrogens with one attached hydrogen (secondary N) is 1. The normalized spacial score (nSPS) is 11.1. The second-order valence-electron chi connectivity index (χ2n) is 7.02. The molecule has 0 spiro atoms. The Morgan fingerprint density at radius 1 is 0.897 bits per heavy atom. The van der Waals surface area contributed by atoms with E-state index < -0.39 is 10.9 Å². The average molecular weight is 387 g/mol. The van der Waals surface area contributed by atoms with Crippen LogP contribution in [0.2, 0.25) is 0 Å². The van der Waals surface area contributed by atoms with Crippen LogP contribution in [0.25, 0.3) is 16.8 Å². The topological polar surface area (TPSA) is 73.1 Å². The highest BCUT2D eigenvalue weighted by Gasteiger charge is 2.29. The maximum Gasteiger partial charge on any atom is 0.279 e. The maximum absolute atomic E-state index is 13.2. The quantitative estimate of drug-likeness (QED) is 0.534. The highest BCUT2D eigenvalue weighted by atomic mass is 16.2. The summed E-state index contributed by atoms with van der Waals surface area (Å²) in [5, 5.41) is 3.06. The van der Waals surface area contributed by atoms with Gasteiger partial charge in [0.25, 0.3) is 11.0 Å². The first kappa shape index (κ1) is 18.7. The summed E-state index contributed by atoms with van der Waals surface area (Å²) in [6.07, 6.45) is 0.855. The molecule has 4 rings (SSSR count). The molecule has 0 saturated carbocycles. The molecule has 6 nitrogen and oxygen atoms in total. The number of hydrogen-bond acceptors (Lipinski definition) is 4. The van der Waals surface area contributed by atoms with E-state index in [-0.39, 0.29) is 22.4 Å². The van der Waals surface area contributed by atoms with Gasteiger partial charge in [0, 0.05) is 18.4 Å². The molecule has 1 aromatic heterocycles. The Kier molecular flexibility index (Phi) is 4.54. The highest BCUT2D eigenvalue weighted by Crippen LogP contribution is 2.28. The van der Waals surface area contributed by atoms with Crippen LogP contribution in [-0.4, -0.2) is 9.36 Å². The first-order valence-electron chi connectivity index (χ1n) is 9.47. The number of benzene rings is 2. The summed E-state index contributed by atoms with van der Waals surface area (Å²) in [6, 6.07) is 16.8. The number of aryl methyl sites for hydroxylation is 1. The van der Waals surface area contributed by atoms with Gasteiger partial charge in [0.2, 0.25) is 5.43 Å². The Morgan fingerprint density at radius 3 is 2.31 bits per heavy atom. The van der Waals surface area contributed by atoms with Crippen molar-refractivity contribution in [3.05, 3.63) is 96.7 Å². The van der Waals surface area contributed by atoms with Crippen LogP contribution in [0.1, 0.15) is 18.2 Å². The lowest BCUT2D eigenvalue weighted by Crippen LogP contribution is -2.37. The molecule has 3 aromatic carbocycles. The Balaban J connectivity index is 1.86. The second-order valence-corrected chi connectivity index (χ2v) is 7.02. The van der Waals surface area contributed by atoms with Crippen molar-refractivity contribution >= 4 is 11.4 Å². The van der Waals surface area contributed by atoms with Gasteiger partial charge in [0.15, 0.2) is 0 Å². The molecule has 1 N–H and O–H groups in total. The fraction of sp³-hybridized carbons (Fsp3) is 0.174. The first-order valence-corrected chi connectivity index (χ1v) is 9.47. The Labute approximate surface area is 167 Å². The third-order valence-electron chi connectivity index (χ3n) is 5.32. The molecule has 0 aliphatic carbocycles. The van der Waals surface area contributed by atoms with E-state index >= 15 is 0 Å². The minimum Gasteiger partial charge on any atom is -0.352 e. The lowest BCUT2D eigenvalue weighted by Gasteiger charge is -2.13. The minimum absolute atomic E-state index is 0.157. The average Bonchev–Trinajstić information content (AvgIpc) is 2.97. The van der Waals surface area contributed by atoms with E-state index in [4.69, 9.17) is 0 Å². The number of rotatable bonds is 5. The maximum atomic E-state index is 13.2. The van der Waals surface area contributed by atoms with Crippen molar-refractivity contribution in [3.63, 3.8) is 0 Å². The largest absolute Gasteiger partial charge is 0.352 e. The number of nitrogens with zero attached hydrogens (tertiary/aromatic N) is 2. The molecular weight excluding hydrogens is 366 g/mol. The Hall–Kier alpha value is -3.67. The Bertz CT molecular complexity index is 1340. The predicted molar refractivity (Wildman–Crippen MR) is 115 cm³/mol. The van der Waals surface area contributed by atoms with E-state index in [2.05, 4.69) is 5.32 Å². The van der Waals surface area contributed by atoms with Crippen LogP contribution >= 0.6 is 0 Å². The van der Waals surface area contributed by atoms with Crippen LogP contribution < -0.4 is 21.7 Å². The molecule has 0 aliphatic heterocycles. The van der Waals surface area contributed by atoms with Gasteiger partial charge in [-0.05, 0) is 43.2 Å². The highest BCUT2D eigenvalue weighted by molar-refractivity contribution is 5.85. The fourth-order valence-electron chi connectivity index (χ4n) is 3.62. The Morgan fingerprint density at radius 2 is 1.62 bits per heavy atom. The van der Waals surface area contributed by atoms with Crippen molar-refractivity contribution in [2.45, 2.75) is 20.3 Å². The van der Waals surface area contributed by atoms with Gasteiger partial charge < -0.3 is 5.32 Å². The van der Waals surface area contributed by atoms with Gasteiger partial charge in [-0.15, -0.1) is 0 Å². The molecule has 4 aromatic rings. The van der Waals surface area contributed by atoms with Crippen molar-refractivity contribution < 1.29 is 0 Å². The zero-order valence-electron chi connectivity index (χ0n) is 16.5.